The maximum atomic E-state index is 11.8. The molecule has 0 heterocycles. The summed E-state index contributed by atoms with van der Waals surface area (Å²) < 4.78 is 5.78. The molecule has 0 aromatic heterocycles. The van der Waals surface area contributed by atoms with E-state index in [1.165, 1.54) is 0 Å². The van der Waals surface area contributed by atoms with E-state index in [0.717, 1.165) is 11.1 Å². The molecule has 1 aliphatic rings. The Labute approximate surface area is 187 Å². The van der Waals surface area contributed by atoms with Crippen molar-refractivity contribution < 1.29 is 14.8 Å². The fourth-order valence-electron chi connectivity index (χ4n) is 3.96. The average molecular weight is 441 g/mol. The third kappa shape index (κ3) is 5.22. The van der Waals surface area contributed by atoms with Crippen molar-refractivity contribution in [3.05, 3.63) is 105 Å². The van der Waals surface area contributed by atoms with E-state index in [1.807, 2.05) is 60.7 Å². The lowest BCUT2D eigenvalue weighted by molar-refractivity contribution is -0.386. The van der Waals surface area contributed by atoms with Crippen molar-refractivity contribution in [3.63, 3.8) is 0 Å². The van der Waals surface area contributed by atoms with Gasteiger partial charge in [-0.15, -0.1) is 12.4 Å². The lowest BCUT2D eigenvalue weighted by Crippen LogP contribution is -2.38. The average Bonchev–Trinajstić information content (AvgIpc) is 2.78. The quantitative estimate of drug-likeness (QED) is 0.409. The van der Waals surface area contributed by atoms with Crippen molar-refractivity contribution in [2.45, 2.75) is 38.1 Å². The van der Waals surface area contributed by atoms with Crippen molar-refractivity contribution in [2.24, 2.45) is 0 Å². The fraction of sp³-hybridized carbons (Fsp3) is 0.250. The van der Waals surface area contributed by atoms with Gasteiger partial charge in [0, 0.05) is 18.2 Å². The number of rotatable bonds is 7. The van der Waals surface area contributed by atoms with E-state index >= 15 is 0 Å². The molecule has 1 aliphatic carbocycles. The van der Waals surface area contributed by atoms with Gasteiger partial charge in [-0.2, -0.15) is 0 Å². The molecular formula is C24H25ClN2O4. The van der Waals surface area contributed by atoms with Crippen LogP contribution < -0.4 is 10.1 Å². The molecule has 0 aliphatic heterocycles. The molecule has 31 heavy (non-hydrogen) atoms. The molecule has 0 fully saturated rings. The Morgan fingerprint density at radius 1 is 1.00 bits per heavy atom. The predicted molar refractivity (Wildman–Crippen MR) is 121 cm³/mol. The van der Waals surface area contributed by atoms with Gasteiger partial charge >= 0.3 is 5.69 Å². The summed E-state index contributed by atoms with van der Waals surface area (Å²) in [6.45, 7) is 0.891. The highest BCUT2D eigenvalue weighted by Crippen LogP contribution is 2.41. The van der Waals surface area contributed by atoms with Crippen molar-refractivity contribution in [1.29, 1.82) is 0 Å². The lowest BCUT2D eigenvalue weighted by atomic mass is 9.84. The third-order valence-corrected chi connectivity index (χ3v) is 5.52. The molecule has 162 valence electrons. The predicted octanol–water partition coefficient (Wildman–Crippen LogP) is 4.73. The maximum absolute atomic E-state index is 11.8. The van der Waals surface area contributed by atoms with Crippen LogP contribution in [0.4, 0.5) is 5.69 Å². The minimum Gasteiger partial charge on any atom is -0.482 e. The monoisotopic (exact) mass is 440 g/mol. The first-order valence-corrected chi connectivity index (χ1v) is 10.1. The highest BCUT2D eigenvalue weighted by molar-refractivity contribution is 5.85. The minimum absolute atomic E-state index is 0. The van der Waals surface area contributed by atoms with E-state index in [9.17, 15) is 15.2 Å². The number of nitro benzene ring substituents is 1. The van der Waals surface area contributed by atoms with Gasteiger partial charge in [-0.25, -0.2) is 0 Å². The van der Waals surface area contributed by atoms with Crippen LogP contribution in [-0.2, 0) is 19.6 Å². The molecule has 0 spiro atoms. The van der Waals surface area contributed by atoms with Gasteiger partial charge in [0.1, 0.15) is 6.61 Å². The van der Waals surface area contributed by atoms with E-state index in [4.69, 9.17) is 4.74 Å². The first-order chi connectivity index (χ1) is 14.6. The number of nitro groups is 1. The molecule has 2 atom stereocenters. The molecule has 4 rings (SSSR count). The number of ether oxygens (including phenoxy) is 1. The van der Waals surface area contributed by atoms with Gasteiger partial charge in [0.15, 0.2) is 5.75 Å². The largest absolute Gasteiger partial charge is 0.482 e. The number of nitrogens with one attached hydrogen (secondary N) is 1. The van der Waals surface area contributed by atoms with Crippen LogP contribution in [0.5, 0.6) is 5.75 Å². The van der Waals surface area contributed by atoms with E-state index < -0.39 is 11.0 Å². The molecule has 0 radical (unpaired) electrons. The minimum atomic E-state index is -0.806. The van der Waals surface area contributed by atoms with Crippen molar-refractivity contribution in [3.8, 4) is 5.75 Å². The molecule has 2 N–H and O–H groups in total. The lowest BCUT2D eigenvalue weighted by Gasteiger charge is -2.31. The standard InChI is InChI=1S/C24H24N2O4.ClH/c27-24-20-12-14-22(30-16-18-9-5-2-6-10-18)23(26(28)29)19(20)11-13-21(24)25-15-17-7-3-1-4-8-17;/h1-10,12,14,21,24-25,27H,11,13,15-16H2;1H. The van der Waals surface area contributed by atoms with Crippen molar-refractivity contribution in [1.82, 2.24) is 5.32 Å². The number of hydrogen-bond donors (Lipinski definition) is 2. The van der Waals surface area contributed by atoms with Crippen LogP contribution in [0.25, 0.3) is 0 Å². The number of fused-ring (bicyclic) bond motifs is 1. The first kappa shape index (κ1) is 22.7. The Kier molecular flexibility index (Phi) is 7.63. The van der Waals surface area contributed by atoms with Gasteiger partial charge in [-0.1, -0.05) is 66.7 Å². The van der Waals surface area contributed by atoms with Crippen LogP contribution in [0.1, 0.15) is 34.8 Å². The third-order valence-electron chi connectivity index (χ3n) is 5.52. The van der Waals surface area contributed by atoms with Gasteiger partial charge in [0.05, 0.1) is 11.0 Å². The smallest absolute Gasteiger partial charge is 0.314 e. The summed E-state index contributed by atoms with van der Waals surface area (Å²) in [6, 6.07) is 22.7. The van der Waals surface area contributed by atoms with Gasteiger partial charge in [-0.05, 0) is 35.6 Å². The Morgan fingerprint density at radius 3 is 2.29 bits per heavy atom. The number of halogens is 1. The van der Waals surface area contributed by atoms with Gasteiger partial charge in [0.2, 0.25) is 0 Å². The van der Waals surface area contributed by atoms with Gasteiger partial charge in [-0.3, -0.25) is 10.1 Å². The number of nitrogens with zero attached hydrogens (tertiary/aromatic N) is 1. The molecule has 2 unspecified atom stereocenters. The van der Waals surface area contributed by atoms with Crippen molar-refractivity contribution in [2.75, 3.05) is 0 Å². The molecule has 3 aromatic carbocycles. The van der Waals surface area contributed by atoms with E-state index in [1.54, 1.807) is 12.1 Å². The summed E-state index contributed by atoms with van der Waals surface area (Å²) in [5, 5.41) is 26.1. The van der Waals surface area contributed by atoms with Crippen LogP contribution in [0, 0.1) is 10.1 Å². The molecule has 7 heteroatoms. The second-order valence-electron chi connectivity index (χ2n) is 7.47. The Bertz CT molecular complexity index is 1010. The molecule has 0 bridgehead atoms. The Balaban J connectivity index is 0.00000272. The summed E-state index contributed by atoms with van der Waals surface area (Å²) >= 11 is 0. The molecule has 0 saturated heterocycles. The van der Waals surface area contributed by atoms with Crippen molar-refractivity contribution >= 4 is 18.1 Å². The number of aliphatic hydroxyl groups is 1. The normalized spacial score (nSPS) is 17.3. The second-order valence-corrected chi connectivity index (χ2v) is 7.47. The maximum Gasteiger partial charge on any atom is 0.314 e. The van der Waals surface area contributed by atoms with E-state index in [0.29, 0.717) is 30.5 Å². The van der Waals surface area contributed by atoms with Crippen LogP contribution in [0.2, 0.25) is 0 Å². The van der Waals surface area contributed by atoms with Crippen LogP contribution in [0.15, 0.2) is 72.8 Å². The van der Waals surface area contributed by atoms with E-state index in [2.05, 4.69) is 5.32 Å². The van der Waals surface area contributed by atoms with Gasteiger partial charge < -0.3 is 15.2 Å². The number of hydrogen-bond acceptors (Lipinski definition) is 5. The topological polar surface area (TPSA) is 84.6 Å². The number of benzene rings is 3. The zero-order valence-electron chi connectivity index (χ0n) is 16.9. The SMILES string of the molecule is Cl.O=[N+]([O-])c1c(OCc2ccccc2)ccc2c1CCC(NCc1ccccc1)C2O. The first-order valence-electron chi connectivity index (χ1n) is 10.1. The Morgan fingerprint density at radius 2 is 1.65 bits per heavy atom. The van der Waals surface area contributed by atoms with Crippen LogP contribution >= 0.6 is 12.4 Å². The van der Waals surface area contributed by atoms with Crippen LogP contribution in [0.3, 0.4) is 0 Å². The summed E-state index contributed by atoms with van der Waals surface area (Å²) in [5.41, 5.74) is 3.20. The summed E-state index contributed by atoms with van der Waals surface area (Å²) in [6.07, 6.45) is 0.320. The van der Waals surface area contributed by atoms with Gasteiger partial charge in [0.25, 0.3) is 0 Å². The molecule has 0 amide bonds. The number of aliphatic hydroxyl groups excluding tert-OH is 1. The van der Waals surface area contributed by atoms with Crippen LogP contribution in [-0.4, -0.2) is 16.1 Å². The summed E-state index contributed by atoms with van der Waals surface area (Å²) in [7, 11) is 0. The highest BCUT2D eigenvalue weighted by atomic mass is 35.5. The molecule has 0 saturated carbocycles. The fourth-order valence-corrected chi connectivity index (χ4v) is 3.96. The zero-order valence-corrected chi connectivity index (χ0v) is 17.8. The highest BCUT2D eigenvalue weighted by Gasteiger charge is 2.34. The second kappa shape index (κ2) is 10.4. The Hall–Kier alpha value is -2.93. The zero-order chi connectivity index (χ0) is 20.9. The molecular weight excluding hydrogens is 416 g/mol. The summed E-state index contributed by atoms with van der Waals surface area (Å²) in [4.78, 5) is 11.4. The summed E-state index contributed by atoms with van der Waals surface area (Å²) in [5.74, 6) is 0.241. The van der Waals surface area contributed by atoms with E-state index in [-0.39, 0.29) is 36.5 Å². The molecule has 6 nitrogen and oxygen atoms in total. The molecule has 3 aromatic rings.